The molecule has 2 fully saturated rings. The lowest BCUT2D eigenvalue weighted by Crippen LogP contribution is -2.45. The Kier molecular flexibility index (Phi) is 4.85. The van der Waals surface area contributed by atoms with Gasteiger partial charge in [0.15, 0.2) is 0 Å². The summed E-state index contributed by atoms with van der Waals surface area (Å²) in [5.41, 5.74) is 6.60. The summed E-state index contributed by atoms with van der Waals surface area (Å²) >= 11 is 0. The van der Waals surface area contributed by atoms with Crippen molar-refractivity contribution in [2.75, 3.05) is 24.5 Å². The van der Waals surface area contributed by atoms with Crippen LogP contribution in [-0.4, -0.2) is 42.4 Å². The molecule has 5 nitrogen and oxygen atoms in total. The summed E-state index contributed by atoms with van der Waals surface area (Å²) in [4.78, 5) is 28.0. The zero-order valence-corrected chi connectivity index (χ0v) is 14.0. The van der Waals surface area contributed by atoms with Crippen molar-refractivity contribution in [2.24, 2.45) is 11.7 Å². The smallest absolute Gasteiger partial charge is 0.256 e. The SMILES string of the molecule is C[C@H](N)[C@@H]1CCCN(C(=O)c2cc(N3CCCC3=O)ccc2F)C1. The van der Waals surface area contributed by atoms with Crippen molar-refractivity contribution in [2.45, 2.75) is 38.6 Å². The summed E-state index contributed by atoms with van der Waals surface area (Å²) in [5.74, 6) is -0.589. The third-order valence-electron chi connectivity index (χ3n) is 5.05. The molecule has 0 aromatic heterocycles. The number of nitrogens with two attached hydrogens (primary N) is 1. The van der Waals surface area contributed by atoms with E-state index in [0.717, 1.165) is 19.3 Å². The number of anilines is 1. The van der Waals surface area contributed by atoms with Crippen LogP contribution in [0.4, 0.5) is 10.1 Å². The minimum atomic E-state index is -0.543. The molecule has 0 unspecified atom stereocenters. The number of halogens is 1. The van der Waals surface area contributed by atoms with Crippen LogP contribution in [0.15, 0.2) is 18.2 Å². The summed E-state index contributed by atoms with van der Waals surface area (Å²) in [6.07, 6.45) is 3.17. The summed E-state index contributed by atoms with van der Waals surface area (Å²) in [5, 5.41) is 0. The molecule has 0 spiro atoms. The number of hydrogen-bond donors (Lipinski definition) is 1. The number of amides is 2. The molecular weight excluding hydrogens is 309 g/mol. The number of likely N-dealkylation sites (tertiary alicyclic amines) is 1. The quantitative estimate of drug-likeness (QED) is 0.922. The van der Waals surface area contributed by atoms with Crippen LogP contribution in [0.2, 0.25) is 0 Å². The molecule has 3 rings (SSSR count). The molecule has 0 bridgehead atoms. The van der Waals surface area contributed by atoms with Crippen LogP contribution in [0.25, 0.3) is 0 Å². The maximum Gasteiger partial charge on any atom is 0.256 e. The van der Waals surface area contributed by atoms with E-state index in [1.54, 1.807) is 15.9 Å². The van der Waals surface area contributed by atoms with E-state index in [4.69, 9.17) is 5.73 Å². The van der Waals surface area contributed by atoms with Crippen LogP contribution in [0, 0.1) is 11.7 Å². The fraction of sp³-hybridized carbons (Fsp3) is 0.556. The van der Waals surface area contributed by atoms with Crippen molar-refractivity contribution >= 4 is 17.5 Å². The monoisotopic (exact) mass is 333 g/mol. The fourth-order valence-electron chi connectivity index (χ4n) is 3.56. The first-order valence-electron chi connectivity index (χ1n) is 8.62. The Hall–Kier alpha value is -1.95. The Morgan fingerprint density at radius 3 is 2.79 bits per heavy atom. The lowest BCUT2D eigenvalue weighted by atomic mass is 9.92. The van der Waals surface area contributed by atoms with Gasteiger partial charge in [0.05, 0.1) is 5.56 Å². The maximum absolute atomic E-state index is 14.2. The third kappa shape index (κ3) is 3.29. The number of rotatable bonds is 3. The molecule has 2 saturated heterocycles. The van der Waals surface area contributed by atoms with Gasteiger partial charge in [0.25, 0.3) is 5.91 Å². The molecule has 2 aliphatic heterocycles. The molecule has 24 heavy (non-hydrogen) atoms. The van der Waals surface area contributed by atoms with Crippen molar-refractivity contribution in [3.8, 4) is 0 Å². The number of nitrogens with zero attached hydrogens (tertiary/aromatic N) is 2. The van der Waals surface area contributed by atoms with Gasteiger partial charge in [-0.05, 0) is 50.3 Å². The van der Waals surface area contributed by atoms with Crippen LogP contribution in [-0.2, 0) is 4.79 Å². The van der Waals surface area contributed by atoms with Gasteiger partial charge in [-0.3, -0.25) is 9.59 Å². The highest BCUT2D eigenvalue weighted by atomic mass is 19.1. The molecule has 2 heterocycles. The summed E-state index contributed by atoms with van der Waals surface area (Å²) in [6.45, 7) is 3.74. The second kappa shape index (κ2) is 6.89. The van der Waals surface area contributed by atoms with Gasteiger partial charge in [0.1, 0.15) is 5.82 Å². The first-order chi connectivity index (χ1) is 11.5. The molecule has 0 radical (unpaired) electrons. The topological polar surface area (TPSA) is 66.6 Å². The van der Waals surface area contributed by atoms with Crippen LogP contribution >= 0.6 is 0 Å². The molecule has 2 amide bonds. The highest BCUT2D eigenvalue weighted by Gasteiger charge is 2.29. The second-order valence-corrected chi connectivity index (χ2v) is 6.83. The largest absolute Gasteiger partial charge is 0.338 e. The van der Waals surface area contributed by atoms with Gasteiger partial charge in [-0.1, -0.05) is 0 Å². The fourth-order valence-corrected chi connectivity index (χ4v) is 3.56. The zero-order chi connectivity index (χ0) is 17.3. The van der Waals surface area contributed by atoms with E-state index in [1.165, 1.54) is 12.1 Å². The van der Waals surface area contributed by atoms with Crippen molar-refractivity contribution in [3.63, 3.8) is 0 Å². The molecule has 2 aliphatic rings. The van der Waals surface area contributed by atoms with E-state index >= 15 is 0 Å². The van der Waals surface area contributed by atoms with Gasteiger partial charge in [0.2, 0.25) is 5.91 Å². The first kappa shape index (κ1) is 16.9. The number of piperidine rings is 1. The van der Waals surface area contributed by atoms with E-state index < -0.39 is 5.82 Å². The average molecular weight is 333 g/mol. The summed E-state index contributed by atoms with van der Waals surface area (Å²) in [7, 11) is 0. The van der Waals surface area contributed by atoms with E-state index in [9.17, 15) is 14.0 Å². The van der Waals surface area contributed by atoms with Gasteiger partial charge in [-0.25, -0.2) is 4.39 Å². The van der Waals surface area contributed by atoms with E-state index in [2.05, 4.69) is 0 Å². The Balaban J connectivity index is 1.82. The molecule has 0 saturated carbocycles. The van der Waals surface area contributed by atoms with Crippen molar-refractivity contribution in [3.05, 3.63) is 29.6 Å². The molecular formula is C18H24FN3O2. The number of benzene rings is 1. The Morgan fingerprint density at radius 1 is 1.33 bits per heavy atom. The van der Waals surface area contributed by atoms with Gasteiger partial charge in [-0.2, -0.15) is 0 Å². The van der Waals surface area contributed by atoms with Crippen LogP contribution in [0.1, 0.15) is 43.0 Å². The lowest BCUT2D eigenvalue weighted by molar-refractivity contribution is -0.117. The summed E-state index contributed by atoms with van der Waals surface area (Å²) < 4.78 is 14.2. The van der Waals surface area contributed by atoms with Crippen LogP contribution in [0.3, 0.4) is 0 Å². The molecule has 2 atom stereocenters. The Labute approximate surface area is 141 Å². The molecule has 6 heteroatoms. The van der Waals surface area contributed by atoms with Crippen molar-refractivity contribution < 1.29 is 14.0 Å². The normalized spacial score (nSPS) is 22.8. The molecule has 2 N–H and O–H groups in total. The average Bonchev–Trinajstić information content (AvgIpc) is 3.01. The predicted octanol–water partition coefficient (Wildman–Crippen LogP) is 2.15. The lowest BCUT2D eigenvalue weighted by Gasteiger charge is -2.34. The summed E-state index contributed by atoms with van der Waals surface area (Å²) in [6, 6.07) is 4.37. The van der Waals surface area contributed by atoms with E-state index in [0.29, 0.717) is 31.7 Å². The number of carbonyl (C=O) groups is 2. The van der Waals surface area contributed by atoms with Crippen molar-refractivity contribution in [1.29, 1.82) is 0 Å². The highest BCUT2D eigenvalue weighted by Crippen LogP contribution is 2.26. The maximum atomic E-state index is 14.2. The van der Waals surface area contributed by atoms with Gasteiger partial charge < -0.3 is 15.5 Å². The standard InChI is InChI=1S/C18H24FN3O2/c1-12(20)13-4-2-8-21(11-13)18(24)15-10-14(6-7-16(15)19)22-9-3-5-17(22)23/h6-7,10,12-13H,2-5,8-9,11,20H2,1H3/t12-,13+/m0/s1. The zero-order valence-electron chi connectivity index (χ0n) is 14.0. The second-order valence-electron chi connectivity index (χ2n) is 6.83. The predicted molar refractivity (Wildman–Crippen MR) is 90.3 cm³/mol. The Morgan fingerprint density at radius 2 is 2.12 bits per heavy atom. The first-order valence-corrected chi connectivity index (χ1v) is 8.62. The van der Waals surface area contributed by atoms with E-state index in [1.807, 2.05) is 6.92 Å². The van der Waals surface area contributed by atoms with Gasteiger partial charge in [0, 0.05) is 37.8 Å². The van der Waals surface area contributed by atoms with E-state index in [-0.39, 0.29) is 29.3 Å². The molecule has 1 aromatic carbocycles. The minimum absolute atomic E-state index is 0.0130. The van der Waals surface area contributed by atoms with Crippen LogP contribution in [0.5, 0.6) is 0 Å². The van der Waals surface area contributed by atoms with Gasteiger partial charge >= 0.3 is 0 Å². The van der Waals surface area contributed by atoms with Crippen molar-refractivity contribution in [1.82, 2.24) is 4.90 Å². The number of carbonyl (C=O) groups excluding carboxylic acids is 2. The highest BCUT2D eigenvalue weighted by molar-refractivity contribution is 5.99. The third-order valence-corrected chi connectivity index (χ3v) is 5.05. The Bertz CT molecular complexity index is 647. The number of hydrogen-bond acceptors (Lipinski definition) is 3. The molecule has 130 valence electrons. The molecule has 1 aromatic rings. The van der Waals surface area contributed by atoms with Crippen LogP contribution < -0.4 is 10.6 Å². The molecule has 0 aliphatic carbocycles. The minimum Gasteiger partial charge on any atom is -0.338 e. The van der Waals surface area contributed by atoms with Gasteiger partial charge in [-0.15, -0.1) is 0 Å².